The van der Waals surface area contributed by atoms with Gasteiger partial charge in [-0.05, 0) is 0 Å². The van der Waals surface area contributed by atoms with Crippen LogP contribution in [0.1, 0.15) is 22.9 Å². The molecule has 1 atom stereocenters. The zero-order chi connectivity index (χ0) is 12.1. The first-order chi connectivity index (χ1) is 8.31. The van der Waals surface area contributed by atoms with Crippen LogP contribution in [0, 0.1) is 0 Å². The second-order valence-electron chi connectivity index (χ2n) is 3.80. The topological polar surface area (TPSA) is 0 Å². The average Bonchev–Trinajstić information content (AvgIpc) is 2.38. The van der Waals surface area contributed by atoms with Gasteiger partial charge < -0.3 is 0 Å². The van der Waals surface area contributed by atoms with Gasteiger partial charge in [-0.3, -0.25) is 0 Å². The molecule has 0 spiro atoms. The van der Waals surface area contributed by atoms with Crippen molar-refractivity contribution in [2.24, 2.45) is 0 Å². The van der Waals surface area contributed by atoms with E-state index in [4.69, 9.17) is 11.6 Å². The van der Waals surface area contributed by atoms with Crippen LogP contribution in [-0.4, -0.2) is 15.0 Å². The van der Waals surface area contributed by atoms with Gasteiger partial charge in [0.15, 0.2) is 0 Å². The summed E-state index contributed by atoms with van der Waals surface area (Å²) in [6, 6.07) is 19.0. The zero-order valence-electron chi connectivity index (χ0n) is 9.77. The molecule has 0 aliphatic carbocycles. The molecular formula is C15H15ClSe. The third-order valence-corrected chi connectivity index (χ3v) is 5.40. The molecule has 2 heteroatoms. The monoisotopic (exact) mass is 310 g/mol. The molecule has 1 unspecified atom stereocenters. The number of halogens is 1. The second-order valence-corrected chi connectivity index (χ2v) is 7.13. The van der Waals surface area contributed by atoms with Gasteiger partial charge in [0, 0.05) is 0 Å². The molecule has 0 fully saturated rings. The van der Waals surface area contributed by atoms with Crippen molar-refractivity contribution < 1.29 is 0 Å². The average molecular weight is 310 g/mol. The van der Waals surface area contributed by atoms with Crippen molar-refractivity contribution in [3.05, 3.63) is 70.7 Å². The Morgan fingerprint density at radius 2 is 1.53 bits per heavy atom. The molecule has 0 bridgehead atoms. The van der Waals surface area contributed by atoms with Crippen molar-refractivity contribution in [1.29, 1.82) is 0 Å². The van der Waals surface area contributed by atoms with Crippen LogP contribution in [0.5, 0.6) is 0 Å². The molecule has 0 aliphatic heterocycles. The molecule has 0 saturated heterocycles. The number of benzene rings is 2. The molecule has 0 nitrogen and oxygen atoms in total. The molecule has 17 heavy (non-hydrogen) atoms. The van der Waals surface area contributed by atoms with Crippen molar-refractivity contribution in [3.63, 3.8) is 0 Å². The second kappa shape index (κ2) is 6.25. The summed E-state index contributed by atoms with van der Waals surface area (Å²) >= 11 is 6.54. The molecule has 0 amide bonds. The van der Waals surface area contributed by atoms with E-state index in [1.165, 1.54) is 16.4 Å². The first-order valence-electron chi connectivity index (χ1n) is 5.73. The Bertz CT molecular complexity index is 450. The van der Waals surface area contributed by atoms with E-state index in [0.717, 1.165) is 5.02 Å². The van der Waals surface area contributed by atoms with Gasteiger partial charge in [0.1, 0.15) is 0 Å². The Labute approximate surface area is 114 Å². The normalized spacial score (nSPS) is 12.4. The minimum atomic E-state index is 0.547. The van der Waals surface area contributed by atoms with Crippen molar-refractivity contribution in [1.82, 2.24) is 0 Å². The van der Waals surface area contributed by atoms with Crippen LogP contribution in [0.4, 0.5) is 0 Å². The van der Waals surface area contributed by atoms with E-state index in [1.807, 2.05) is 12.1 Å². The van der Waals surface area contributed by atoms with Gasteiger partial charge in [-0.2, -0.15) is 0 Å². The fourth-order valence-corrected chi connectivity index (χ4v) is 4.11. The summed E-state index contributed by atoms with van der Waals surface area (Å²) in [5.74, 6) is 0. The molecule has 0 aliphatic rings. The molecule has 0 saturated carbocycles. The molecule has 88 valence electrons. The number of rotatable bonds is 4. The quantitative estimate of drug-likeness (QED) is 0.726. The predicted molar refractivity (Wildman–Crippen MR) is 76.0 cm³/mol. The van der Waals surface area contributed by atoms with Crippen LogP contribution in [0.15, 0.2) is 54.6 Å². The van der Waals surface area contributed by atoms with Crippen molar-refractivity contribution >= 4 is 26.6 Å². The Balaban J connectivity index is 2.32. The van der Waals surface area contributed by atoms with Crippen molar-refractivity contribution in [2.75, 3.05) is 0 Å². The molecule has 0 radical (unpaired) electrons. The Hall–Kier alpha value is -0.751. The van der Waals surface area contributed by atoms with Crippen LogP contribution in [0.3, 0.4) is 0 Å². The summed E-state index contributed by atoms with van der Waals surface area (Å²) in [6.45, 7) is 2.26. The maximum atomic E-state index is 5.94. The molecule has 2 aromatic rings. The Kier molecular flexibility index (Phi) is 4.67. The summed E-state index contributed by atoms with van der Waals surface area (Å²) < 4.78 is 0. The Morgan fingerprint density at radius 1 is 0.941 bits per heavy atom. The van der Waals surface area contributed by atoms with Crippen LogP contribution in [-0.2, 0) is 0 Å². The van der Waals surface area contributed by atoms with Crippen LogP contribution in [0.2, 0.25) is 10.3 Å². The van der Waals surface area contributed by atoms with Crippen LogP contribution < -0.4 is 0 Å². The number of hydrogen-bond donors (Lipinski definition) is 0. The summed E-state index contributed by atoms with van der Waals surface area (Å²) in [7, 11) is 0. The molecule has 2 aromatic carbocycles. The van der Waals surface area contributed by atoms with Gasteiger partial charge in [-0.15, -0.1) is 0 Å². The van der Waals surface area contributed by atoms with E-state index >= 15 is 0 Å². The molecule has 0 N–H and O–H groups in total. The van der Waals surface area contributed by atoms with E-state index in [1.54, 1.807) is 0 Å². The van der Waals surface area contributed by atoms with Gasteiger partial charge >= 0.3 is 114 Å². The van der Waals surface area contributed by atoms with Gasteiger partial charge in [0.25, 0.3) is 0 Å². The number of hydrogen-bond acceptors (Lipinski definition) is 0. The molecule has 2 rings (SSSR count). The first kappa shape index (κ1) is 12.7. The third kappa shape index (κ3) is 3.35. The van der Waals surface area contributed by atoms with Crippen molar-refractivity contribution in [3.8, 4) is 0 Å². The van der Waals surface area contributed by atoms with Gasteiger partial charge in [-0.25, -0.2) is 0 Å². The standard InChI is InChI=1S/C15H15ClSe/c1-2-17-15(12-6-4-3-5-7-12)13-8-10-14(16)11-9-13/h3-11,15H,2H2,1H3. The summed E-state index contributed by atoms with van der Waals surface area (Å²) in [6.07, 6.45) is 0. The van der Waals surface area contributed by atoms with Crippen LogP contribution >= 0.6 is 11.6 Å². The van der Waals surface area contributed by atoms with Crippen molar-refractivity contribution in [2.45, 2.75) is 17.1 Å². The molecular weight excluding hydrogens is 295 g/mol. The summed E-state index contributed by atoms with van der Waals surface area (Å²) in [4.78, 5) is 0.547. The maximum absolute atomic E-state index is 5.94. The summed E-state index contributed by atoms with van der Waals surface area (Å²) in [5.41, 5.74) is 2.79. The van der Waals surface area contributed by atoms with E-state index in [9.17, 15) is 0 Å². The fourth-order valence-electron chi connectivity index (χ4n) is 1.82. The summed E-state index contributed by atoms with van der Waals surface area (Å²) in [5, 5.41) is 2.06. The van der Waals surface area contributed by atoms with Gasteiger partial charge in [0.2, 0.25) is 0 Å². The van der Waals surface area contributed by atoms with Gasteiger partial charge in [0.05, 0.1) is 0 Å². The molecule has 0 heterocycles. The predicted octanol–water partition coefficient (Wildman–Crippen LogP) is 4.57. The zero-order valence-corrected chi connectivity index (χ0v) is 12.2. The van der Waals surface area contributed by atoms with Crippen LogP contribution in [0.25, 0.3) is 0 Å². The first-order valence-corrected chi connectivity index (χ1v) is 8.31. The van der Waals surface area contributed by atoms with E-state index in [-0.39, 0.29) is 0 Å². The van der Waals surface area contributed by atoms with E-state index < -0.39 is 0 Å². The SMILES string of the molecule is CC[Se]C(c1ccccc1)c1ccc(Cl)cc1. The minimum absolute atomic E-state index is 0.547. The fraction of sp³-hybridized carbons (Fsp3) is 0.200. The van der Waals surface area contributed by atoms with E-state index in [0.29, 0.717) is 19.8 Å². The van der Waals surface area contributed by atoms with Gasteiger partial charge in [-0.1, -0.05) is 0 Å². The molecule has 0 aromatic heterocycles. The Morgan fingerprint density at radius 3 is 2.12 bits per heavy atom. The van der Waals surface area contributed by atoms with E-state index in [2.05, 4.69) is 49.4 Å². The third-order valence-electron chi connectivity index (χ3n) is 2.61.